The number of aliphatic hydroxyl groups is 1. The highest BCUT2D eigenvalue weighted by Crippen LogP contribution is 2.39. The van der Waals surface area contributed by atoms with Crippen molar-refractivity contribution in [2.75, 3.05) is 12.4 Å². The van der Waals surface area contributed by atoms with E-state index in [2.05, 4.69) is 6.92 Å². The van der Waals surface area contributed by atoms with Gasteiger partial charge in [-0.2, -0.15) is 0 Å². The summed E-state index contributed by atoms with van der Waals surface area (Å²) in [5, 5.41) is 9.33. The zero-order chi connectivity index (χ0) is 7.40. The molecule has 2 unspecified atom stereocenters. The molecular weight excluding hydrogens is 164 g/mol. The zero-order valence-corrected chi connectivity index (χ0v) is 7.88. The van der Waals surface area contributed by atoms with Gasteiger partial charge < -0.3 is 5.11 Å². The number of thioether (sulfide) groups is 2. The molecule has 10 heavy (non-hydrogen) atoms. The average Bonchev–Trinajstić information content (AvgIpc) is 2.37. The van der Waals surface area contributed by atoms with Gasteiger partial charge in [0.15, 0.2) is 0 Å². The Morgan fingerprint density at radius 2 is 2.40 bits per heavy atom. The predicted octanol–water partition coefficient (Wildman–Crippen LogP) is 1.95. The number of hydrogen-bond acceptors (Lipinski definition) is 3. The van der Waals surface area contributed by atoms with Gasteiger partial charge in [-0.25, -0.2) is 0 Å². The summed E-state index contributed by atoms with van der Waals surface area (Å²) in [5.41, 5.74) is 0. The molecule has 0 radical (unpaired) electrons. The molecule has 1 N–H and O–H groups in total. The minimum absolute atomic E-state index is 0.359. The first-order chi connectivity index (χ1) is 4.86. The Bertz CT molecular complexity index is 97.6. The van der Waals surface area contributed by atoms with Crippen molar-refractivity contribution >= 4 is 23.5 Å². The number of aliphatic hydroxyl groups excluding tert-OH is 1. The topological polar surface area (TPSA) is 20.2 Å². The Labute approximate surface area is 71.0 Å². The molecule has 1 aliphatic heterocycles. The van der Waals surface area contributed by atoms with E-state index in [-0.39, 0.29) is 0 Å². The van der Waals surface area contributed by atoms with Gasteiger partial charge in [0, 0.05) is 11.0 Å². The summed E-state index contributed by atoms with van der Waals surface area (Å²) in [4.78, 5) is 0. The standard InChI is InChI=1S/C7H14OS2/c1-2-3-7-9-5-6(4-8)10-7/h6-8H,2-5H2,1H3. The minimum Gasteiger partial charge on any atom is -0.395 e. The van der Waals surface area contributed by atoms with Crippen LogP contribution in [0.4, 0.5) is 0 Å². The van der Waals surface area contributed by atoms with Crippen LogP contribution in [0.1, 0.15) is 19.8 Å². The minimum atomic E-state index is 0.359. The summed E-state index contributed by atoms with van der Waals surface area (Å²) in [6, 6.07) is 0. The van der Waals surface area contributed by atoms with E-state index >= 15 is 0 Å². The van der Waals surface area contributed by atoms with Crippen LogP contribution in [0.2, 0.25) is 0 Å². The van der Waals surface area contributed by atoms with Gasteiger partial charge in [0.25, 0.3) is 0 Å². The van der Waals surface area contributed by atoms with Crippen LogP contribution in [0.5, 0.6) is 0 Å². The van der Waals surface area contributed by atoms with Gasteiger partial charge in [0.1, 0.15) is 0 Å². The molecule has 1 rings (SSSR count). The summed E-state index contributed by atoms with van der Waals surface area (Å²) in [6.45, 7) is 2.57. The van der Waals surface area contributed by atoms with E-state index in [0.717, 1.165) is 10.3 Å². The van der Waals surface area contributed by atoms with Crippen LogP contribution in [0.25, 0.3) is 0 Å². The Hall–Kier alpha value is 0.660. The molecule has 0 amide bonds. The fraction of sp³-hybridized carbons (Fsp3) is 1.00. The van der Waals surface area contributed by atoms with Crippen molar-refractivity contribution in [3.8, 4) is 0 Å². The molecule has 0 bridgehead atoms. The first-order valence-electron chi connectivity index (χ1n) is 3.74. The van der Waals surface area contributed by atoms with E-state index in [1.54, 1.807) is 0 Å². The molecule has 0 aromatic carbocycles. The Morgan fingerprint density at radius 1 is 1.60 bits per heavy atom. The Balaban J connectivity index is 2.15. The van der Waals surface area contributed by atoms with Crippen molar-refractivity contribution in [3.63, 3.8) is 0 Å². The fourth-order valence-electron chi connectivity index (χ4n) is 0.991. The Kier molecular flexibility index (Phi) is 3.96. The molecule has 0 saturated carbocycles. The van der Waals surface area contributed by atoms with Gasteiger partial charge in [-0.1, -0.05) is 13.3 Å². The zero-order valence-electron chi connectivity index (χ0n) is 6.25. The largest absolute Gasteiger partial charge is 0.395 e. The van der Waals surface area contributed by atoms with Gasteiger partial charge in [0.2, 0.25) is 0 Å². The van der Waals surface area contributed by atoms with Crippen LogP contribution in [0, 0.1) is 0 Å². The third-order valence-electron chi connectivity index (χ3n) is 1.54. The number of hydrogen-bond donors (Lipinski definition) is 1. The predicted molar refractivity (Wildman–Crippen MR) is 49.6 cm³/mol. The highest BCUT2D eigenvalue weighted by Gasteiger charge is 2.23. The van der Waals surface area contributed by atoms with Crippen LogP contribution >= 0.6 is 23.5 Å². The van der Waals surface area contributed by atoms with E-state index in [1.807, 2.05) is 23.5 Å². The first-order valence-corrected chi connectivity index (χ1v) is 5.74. The summed E-state index contributed by atoms with van der Waals surface area (Å²) >= 11 is 3.95. The molecule has 1 saturated heterocycles. The maximum absolute atomic E-state index is 8.82. The second kappa shape index (κ2) is 4.52. The highest BCUT2D eigenvalue weighted by molar-refractivity contribution is 8.20. The summed E-state index contributed by atoms with van der Waals surface area (Å²) in [7, 11) is 0. The molecule has 1 nitrogen and oxygen atoms in total. The molecule has 2 atom stereocenters. The summed E-state index contributed by atoms with van der Waals surface area (Å²) < 4.78 is 0.766. The molecule has 60 valence electrons. The molecule has 0 aromatic heterocycles. The van der Waals surface area contributed by atoms with Gasteiger partial charge in [0.05, 0.1) is 11.2 Å². The lowest BCUT2D eigenvalue weighted by molar-refractivity contribution is 0.301. The van der Waals surface area contributed by atoms with Gasteiger partial charge in [-0.15, -0.1) is 23.5 Å². The van der Waals surface area contributed by atoms with Crippen molar-refractivity contribution in [2.45, 2.75) is 29.6 Å². The average molecular weight is 178 g/mol. The molecule has 0 aliphatic carbocycles. The van der Waals surface area contributed by atoms with Crippen molar-refractivity contribution in [2.24, 2.45) is 0 Å². The van der Waals surface area contributed by atoms with E-state index in [9.17, 15) is 0 Å². The summed E-state index contributed by atoms with van der Waals surface area (Å²) in [6.07, 6.45) is 2.56. The van der Waals surface area contributed by atoms with Crippen LogP contribution in [-0.2, 0) is 0 Å². The molecule has 0 aromatic rings. The lowest BCUT2D eigenvalue weighted by Gasteiger charge is -2.05. The number of rotatable bonds is 3. The second-order valence-corrected chi connectivity index (χ2v) is 5.53. The molecule has 1 heterocycles. The third-order valence-corrected chi connectivity index (χ3v) is 4.94. The van der Waals surface area contributed by atoms with Gasteiger partial charge in [-0.05, 0) is 6.42 Å². The maximum Gasteiger partial charge on any atom is 0.0558 e. The van der Waals surface area contributed by atoms with Crippen molar-refractivity contribution in [3.05, 3.63) is 0 Å². The SMILES string of the molecule is CCCC1SCC(CO)S1. The lowest BCUT2D eigenvalue weighted by Crippen LogP contribution is -2.06. The van der Waals surface area contributed by atoms with E-state index < -0.39 is 0 Å². The maximum atomic E-state index is 8.82. The quantitative estimate of drug-likeness (QED) is 0.713. The normalized spacial score (nSPS) is 33.0. The van der Waals surface area contributed by atoms with Gasteiger partial charge >= 0.3 is 0 Å². The van der Waals surface area contributed by atoms with Crippen LogP contribution in [0.15, 0.2) is 0 Å². The molecular formula is C7H14OS2. The van der Waals surface area contributed by atoms with Crippen molar-refractivity contribution < 1.29 is 5.11 Å². The van der Waals surface area contributed by atoms with Crippen molar-refractivity contribution in [1.29, 1.82) is 0 Å². The van der Waals surface area contributed by atoms with E-state index in [0.29, 0.717) is 11.9 Å². The van der Waals surface area contributed by atoms with E-state index in [4.69, 9.17) is 5.11 Å². The van der Waals surface area contributed by atoms with E-state index in [1.165, 1.54) is 12.8 Å². The summed E-state index contributed by atoms with van der Waals surface area (Å²) in [5.74, 6) is 1.14. The van der Waals surface area contributed by atoms with Crippen LogP contribution in [0.3, 0.4) is 0 Å². The first kappa shape index (κ1) is 8.75. The third kappa shape index (κ3) is 2.36. The highest BCUT2D eigenvalue weighted by atomic mass is 32.2. The fourth-order valence-corrected chi connectivity index (χ4v) is 4.39. The molecule has 1 fully saturated rings. The smallest absolute Gasteiger partial charge is 0.0558 e. The molecule has 1 aliphatic rings. The van der Waals surface area contributed by atoms with Crippen LogP contribution in [-0.4, -0.2) is 27.3 Å². The molecule has 3 heteroatoms. The lowest BCUT2D eigenvalue weighted by atomic mass is 10.4. The Morgan fingerprint density at radius 3 is 2.90 bits per heavy atom. The van der Waals surface area contributed by atoms with Crippen molar-refractivity contribution in [1.82, 2.24) is 0 Å². The van der Waals surface area contributed by atoms with Crippen LogP contribution < -0.4 is 0 Å². The van der Waals surface area contributed by atoms with Gasteiger partial charge in [-0.3, -0.25) is 0 Å². The second-order valence-electron chi connectivity index (χ2n) is 2.49. The monoisotopic (exact) mass is 178 g/mol. The molecule has 0 spiro atoms.